The minimum Gasteiger partial charge on any atom is -0.408 e. The first-order valence-corrected chi connectivity index (χ1v) is 15.1. The third kappa shape index (κ3) is 5.53. The first-order valence-electron chi connectivity index (χ1n) is 12.2. The predicted molar refractivity (Wildman–Crippen MR) is 150 cm³/mol. The molecule has 0 saturated heterocycles. The van der Waals surface area contributed by atoms with Crippen molar-refractivity contribution >= 4 is 36.6 Å². The summed E-state index contributed by atoms with van der Waals surface area (Å²) >= 11 is 0. The van der Waals surface area contributed by atoms with Gasteiger partial charge in [0.25, 0.3) is 0 Å². The number of hydrogen-bond donors (Lipinski definition) is 0. The summed E-state index contributed by atoms with van der Waals surface area (Å²) in [5.41, 5.74) is 12.2. The second-order valence-electron chi connectivity index (χ2n) is 11.4. The monoisotopic (exact) mass is 456 g/mol. The third-order valence-corrected chi connectivity index (χ3v) is 9.41. The van der Waals surface area contributed by atoms with Crippen molar-refractivity contribution in [1.29, 1.82) is 0 Å². The number of benzene rings is 3. The van der Waals surface area contributed by atoms with Crippen LogP contribution in [0.2, 0.25) is 13.1 Å². The molecule has 0 aliphatic rings. The lowest BCUT2D eigenvalue weighted by Gasteiger charge is -2.35. The van der Waals surface area contributed by atoms with E-state index in [0.29, 0.717) is 0 Å². The second kappa shape index (κ2) is 9.27. The molecule has 3 heteroatoms. The van der Waals surface area contributed by atoms with Crippen LogP contribution < -0.4 is 21.6 Å². The van der Waals surface area contributed by atoms with Crippen LogP contribution in [0.1, 0.15) is 54.2 Å². The summed E-state index contributed by atoms with van der Waals surface area (Å²) in [6, 6.07) is 18.4. The topological polar surface area (TPSA) is 9.23 Å². The van der Waals surface area contributed by atoms with Crippen molar-refractivity contribution in [3.63, 3.8) is 0 Å². The quantitative estimate of drug-likeness (QED) is 0.475. The molecular weight excluding hydrogens is 415 g/mol. The summed E-state index contributed by atoms with van der Waals surface area (Å²) in [4.78, 5) is 0. The summed E-state index contributed by atoms with van der Waals surface area (Å²) in [5, 5.41) is 1.39. The Morgan fingerprint density at radius 2 is 1.06 bits per heavy atom. The molecule has 0 aliphatic carbocycles. The van der Waals surface area contributed by atoms with Crippen molar-refractivity contribution < 1.29 is 4.43 Å². The average Bonchev–Trinajstić information content (AvgIpc) is 2.63. The van der Waals surface area contributed by atoms with E-state index < -0.39 is 8.32 Å². The zero-order valence-electron chi connectivity index (χ0n) is 22.6. The Morgan fingerprint density at radius 1 is 0.667 bits per heavy atom. The van der Waals surface area contributed by atoms with Crippen molar-refractivity contribution in [2.45, 2.75) is 81.0 Å². The molecule has 174 valence electrons. The Balaban J connectivity index is 2.40. The lowest BCUT2D eigenvalue weighted by Crippen LogP contribution is -2.65. The predicted octanol–water partition coefficient (Wildman–Crippen LogP) is 5.28. The van der Waals surface area contributed by atoms with Gasteiger partial charge in [0.15, 0.2) is 0 Å². The average molecular weight is 457 g/mol. The van der Waals surface area contributed by atoms with E-state index in [1.54, 1.807) is 0 Å². The summed E-state index contributed by atoms with van der Waals surface area (Å²) in [6.45, 7) is 24.9. The fourth-order valence-corrected chi connectivity index (χ4v) is 8.93. The van der Waals surface area contributed by atoms with Gasteiger partial charge in [-0.05, 0) is 80.6 Å². The van der Waals surface area contributed by atoms with Crippen LogP contribution in [0.4, 0.5) is 0 Å². The Labute approximate surface area is 203 Å². The van der Waals surface area contributed by atoms with Gasteiger partial charge in [0.2, 0.25) is 15.0 Å². The Hall–Kier alpha value is -2.10. The normalized spacial score (nSPS) is 12.2. The maximum atomic E-state index is 6.77. The maximum Gasteiger partial charge on any atom is 0.242 e. The zero-order valence-corrected chi connectivity index (χ0v) is 23.6. The summed E-state index contributed by atoms with van der Waals surface area (Å²) in [7, 11) is -2.18. The summed E-state index contributed by atoms with van der Waals surface area (Å²) < 4.78 is 6.77. The summed E-state index contributed by atoms with van der Waals surface area (Å²) in [6.07, 6.45) is 0. The van der Waals surface area contributed by atoms with Crippen LogP contribution in [0, 0.1) is 41.5 Å². The van der Waals surface area contributed by atoms with E-state index in [4.69, 9.17) is 4.43 Å². The molecule has 0 amide bonds. The van der Waals surface area contributed by atoms with E-state index in [2.05, 4.69) is 124 Å². The van der Waals surface area contributed by atoms with Gasteiger partial charge >= 0.3 is 0 Å². The zero-order chi connectivity index (χ0) is 24.7. The summed E-state index contributed by atoms with van der Waals surface area (Å²) in [5.74, 6) is 0. The first kappa shape index (κ1) is 25.5. The molecule has 33 heavy (non-hydrogen) atoms. The molecule has 1 nitrogen and oxygen atoms in total. The molecule has 0 fully saturated rings. The lowest BCUT2D eigenvalue weighted by molar-refractivity contribution is 0.125. The van der Waals surface area contributed by atoms with E-state index >= 15 is 0 Å². The highest BCUT2D eigenvalue weighted by Gasteiger charge is 2.37. The number of aryl methyl sites for hydroxylation is 6. The minimum atomic E-state index is -2.18. The highest BCUT2D eigenvalue weighted by molar-refractivity contribution is 7.01. The van der Waals surface area contributed by atoms with Crippen molar-refractivity contribution in [2.24, 2.45) is 0 Å². The first-order chi connectivity index (χ1) is 15.2. The molecule has 0 aromatic heterocycles. The molecule has 0 spiro atoms. The van der Waals surface area contributed by atoms with Gasteiger partial charge in [-0.15, -0.1) is 0 Å². The Bertz CT molecular complexity index is 1070. The molecule has 3 aromatic rings. The molecular formula is C30H41BOSi. The highest BCUT2D eigenvalue weighted by atomic mass is 28.4. The molecule has 0 heterocycles. The van der Waals surface area contributed by atoms with E-state index in [9.17, 15) is 0 Å². The second-order valence-corrected chi connectivity index (χ2v) is 15.1. The van der Waals surface area contributed by atoms with Crippen LogP contribution >= 0.6 is 0 Å². The van der Waals surface area contributed by atoms with Crippen LogP contribution in [-0.2, 0) is 4.43 Å². The van der Waals surface area contributed by atoms with Crippen molar-refractivity contribution in [2.75, 3.05) is 0 Å². The Morgan fingerprint density at radius 3 is 1.45 bits per heavy atom. The molecule has 0 bridgehead atoms. The molecule has 0 aliphatic heterocycles. The van der Waals surface area contributed by atoms with Crippen LogP contribution in [0.25, 0.3) is 0 Å². The molecule has 0 unspecified atom stereocenters. The van der Waals surface area contributed by atoms with Crippen molar-refractivity contribution in [1.82, 2.24) is 0 Å². The third-order valence-electron chi connectivity index (χ3n) is 6.54. The van der Waals surface area contributed by atoms with Gasteiger partial charge in [-0.25, -0.2) is 0 Å². The molecule has 0 atom stereocenters. The largest absolute Gasteiger partial charge is 0.408 e. The fraction of sp³-hybridized carbons (Fsp3) is 0.400. The van der Waals surface area contributed by atoms with E-state index in [1.165, 1.54) is 55.0 Å². The van der Waals surface area contributed by atoms with E-state index in [0.717, 1.165) is 0 Å². The van der Waals surface area contributed by atoms with Gasteiger partial charge in [0.1, 0.15) is 0 Å². The van der Waals surface area contributed by atoms with Crippen LogP contribution in [-0.4, -0.2) is 20.6 Å². The van der Waals surface area contributed by atoms with Gasteiger partial charge in [-0.3, -0.25) is 0 Å². The molecule has 3 aromatic carbocycles. The van der Waals surface area contributed by atoms with E-state index in [1.807, 2.05) is 0 Å². The van der Waals surface area contributed by atoms with Gasteiger partial charge in [-0.2, -0.15) is 0 Å². The molecule has 0 radical (unpaired) electrons. The van der Waals surface area contributed by atoms with Gasteiger partial charge in [-0.1, -0.05) is 98.3 Å². The maximum absolute atomic E-state index is 6.77. The highest BCUT2D eigenvalue weighted by Crippen LogP contribution is 2.18. The Kier molecular flexibility index (Phi) is 7.17. The molecule has 0 N–H and O–H groups in total. The van der Waals surface area contributed by atoms with Crippen molar-refractivity contribution in [3.05, 3.63) is 81.9 Å². The van der Waals surface area contributed by atoms with Crippen LogP contribution in [0.5, 0.6) is 0 Å². The lowest BCUT2D eigenvalue weighted by atomic mass is 9.34. The van der Waals surface area contributed by atoms with Gasteiger partial charge in [0, 0.05) is 5.60 Å². The standard InChI is InChI=1S/C30H41BOSi/c1-20-16-22(3)28(23(4)17-20)31(29-24(5)18-21(2)19-25(29)6)26-14-12-13-15-27(26)33(10,11)32-30(7,8)9/h12-19H,1-11H3. The van der Waals surface area contributed by atoms with Crippen molar-refractivity contribution in [3.8, 4) is 0 Å². The van der Waals surface area contributed by atoms with E-state index in [-0.39, 0.29) is 12.3 Å². The number of hydrogen-bond acceptors (Lipinski definition) is 1. The minimum absolute atomic E-state index is 0.177. The van der Waals surface area contributed by atoms with Gasteiger partial charge in [0.05, 0.1) is 0 Å². The van der Waals surface area contributed by atoms with Crippen LogP contribution in [0.3, 0.4) is 0 Å². The molecule has 3 rings (SSSR count). The van der Waals surface area contributed by atoms with Crippen LogP contribution in [0.15, 0.2) is 48.5 Å². The van der Waals surface area contributed by atoms with Gasteiger partial charge < -0.3 is 4.43 Å². The fourth-order valence-electron chi connectivity index (χ4n) is 5.87. The molecule has 0 saturated carbocycles. The number of rotatable bonds is 5. The SMILES string of the molecule is Cc1cc(C)c(B(c2ccccc2[Si](C)(C)OC(C)(C)C)c2c(C)cc(C)cc2C)c(C)c1. The smallest absolute Gasteiger partial charge is 0.242 e.